The summed E-state index contributed by atoms with van der Waals surface area (Å²) >= 11 is 0. The van der Waals surface area contributed by atoms with Crippen LogP contribution in [0.15, 0.2) is 45.9 Å². The number of aryl methyl sites for hydroxylation is 1. The smallest absolute Gasteiger partial charge is 0.338 e. The van der Waals surface area contributed by atoms with Gasteiger partial charge in [0.05, 0.1) is 23.3 Å². The Hall–Kier alpha value is -2.65. The molecule has 1 aromatic carbocycles. The number of nitrogens with one attached hydrogen (secondary N) is 1. The van der Waals surface area contributed by atoms with E-state index in [1.54, 1.807) is 33.2 Å². The molecule has 1 amide bonds. The van der Waals surface area contributed by atoms with Gasteiger partial charge in [-0.05, 0) is 36.8 Å². The molecule has 9 heteroatoms. The molecular formula is C17H20N2O6S. The second-order valence-corrected chi connectivity index (χ2v) is 7.51. The van der Waals surface area contributed by atoms with E-state index in [0.717, 1.165) is 0 Å². The summed E-state index contributed by atoms with van der Waals surface area (Å²) in [6.07, 6.45) is 1.44. The lowest BCUT2D eigenvalue weighted by Gasteiger charge is -2.12. The monoisotopic (exact) mass is 380 g/mol. The molecule has 0 fully saturated rings. The average molecular weight is 380 g/mol. The largest absolute Gasteiger partial charge is 0.468 e. The number of sulfonamides is 1. The van der Waals surface area contributed by atoms with E-state index < -0.39 is 22.6 Å². The van der Waals surface area contributed by atoms with E-state index in [2.05, 4.69) is 4.72 Å². The van der Waals surface area contributed by atoms with Crippen molar-refractivity contribution in [1.82, 2.24) is 9.62 Å². The van der Waals surface area contributed by atoms with Crippen LogP contribution in [0.25, 0.3) is 0 Å². The zero-order chi connectivity index (χ0) is 19.3. The third-order valence-corrected chi connectivity index (χ3v) is 4.98. The van der Waals surface area contributed by atoms with Crippen LogP contribution in [-0.4, -0.2) is 45.9 Å². The van der Waals surface area contributed by atoms with Gasteiger partial charge in [-0.2, -0.15) is 0 Å². The van der Waals surface area contributed by atoms with Crippen molar-refractivity contribution in [3.05, 3.63) is 53.5 Å². The number of hydrogen-bond acceptors (Lipinski definition) is 6. The zero-order valence-electron chi connectivity index (χ0n) is 14.7. The molecule has 0 aliphatic carbocycles. The van der Waals surface area contributed by atoms with Crippen molar-refractivity contribution >= 4 is 21.9 Å². The van der Waals surface area contributed by atoms with Gasteiger partial charge >= 0.3 is 5.97 Å². The molecule has 0 aliphatic heterocycles. The van der Waals surface area contributed by atoms with Crippen LogP contribution in [0.5, 0.6) is 0 Å². The van der Waals surface area contributed by atoms with E-state index in [1.165, 1.54) is 29.4 Å². The van der Waals surface area contributed by atoms with E-state index in [4.69, 9.17) is 9.15 Å². The SMILES string of the molecule is Cc1ccc(S(=O)(=O)NCc2ccco2)cc1C(=O)OCC(=O)N(C)C. The summed E-state index contributed by atoms with van der Waals surface area (Å²) in [6.45, 7) is 1.22. The number of carbonyl (C=O) groups is 2. The Morgan fingerprint density at radius 3 is 2.58 bits per heavy atom. The molecule has 2 aromatic rings. The number of esters is 1. The quantitative estimate of drug-likeness (QED) is 0.726. The van der Waals surface area contributed by atoms with Gasteiger partial charge < -0.3 is 14.1 Å². The normalized spacial score (nSPS) is 11.2. The van der Waals surface area contributed by atoms with Gasteiger partial charge in [-0.25, -0.2) is 17.9 Å². The maximum atomic E-state index is 12.4. The first-order valence-electron chi connectivity index (χ1n) is 7.70. The van der Waals surface area contributed by atoms with E-state index in [9.17, 15) is 18.0 Å². The van der Waals surface area contributed by atoms with Crippen LogP contribution in [-0.2, 0) is 26.1 Å². The third kappa shape index (κ3) is 4.93. The molecule has 0 radical (unpaired) electrons. The molecule has 0 atom stereocenters. The summed E-state index contributed by atoms with van der Waals surface area (Å²) in [5.74, 6) is -0.678. The predicted molar refractivity (Wildman–Crippen MR) is 92.9 cm³/mol. The lowest BCUT2D eigenvalue weighted by atomic mass is 10.1. The Kier molecular flexibility index (Phi) is 6.17. The fraction of sp³-hybridized carbons (Fsp3) is 0.294. The first-order chi connectivity index (χ1) is 12.2. The topological polar surface area (TPSA) is 106 Å². The molecule has 140 valence electrons. The Labute approximate surface area is 151 Å². The van der Waals surface area contributed by atoms with Crippen molar-refractivity contribution in [2.75, 3.05) is 20.7 Å². The van der Waals surface area contributed by atoms with Crippen LogP contribution in [0.2, 0.25) is 0 Å². The van der Waals surface area contributed by atoms with Crippen molar-refractivity contribution in [3.8, 4) is 0 Å². The minimum atomic E-state index is -3.85. The Morgan fingerprint density at radius 1 is 1.23 bits per heavy atom. The van der Waals surface area contributed by atoms with Gasteiger partial charge in [0.1, 0.15) is 5.76 Å². The molecule has 1 aromatic heterocycles. The van der Waals surface area contributed by atoms with E-state index >= 15 is 0 Å². The molecule has 0 saturated heterocycles. The van der Waals surface area contributed by atoms with E-state index in [0.29, 0.717) is 11.3 Å². The number of carbonyl (C=O) groups excluding carboxylic acids is 2. The summed E-state index contributed by atoms with van der Waals surface area (Å²) in [7, 11) is -0.765. The Morgan fingerprint density at radius 2 is 1.96 bits per heavy atom. The van der Waals surface area contributed by atoms with Gasteiger partial charge in [0, 0.05) is 14.1 Å². The molecule has 0 aliphatic rings. The number of furan rings is 1. The highest BCUT2D eigenvalue weighted by Gasteiger charge is 2.20. The number of ether oxygens (including phenoxy) is 1. The fourth-order valence-electron chi connectivity index (χ4n) is 1.98. The lowest BCUT2D eigenvalue weighted by molar-refractivity contribution is -0.131. The van der Waals surface area contributed by atoms with Crippen LogP contribution in [0.4, 0.5) is 0 Å². The molecule has 2 rings (SSSR count). The summed E-state index contributed by atoms with van der Waals surface area (Å²) < 4.78 is 37.2. The highest BCUT2D eigenvalue weighted by atomic mass is 32.2. The molecule has 0 saturated carbocycles. The van der Waals surface area contributed by atoms with Crippen LogP contribution in [0.1, 0.15) is 21.7 Å². The first kappa shape index (κ1) is 19.7. The van der Waals surface area contributed by atoms with Crippen molar-refractivity contribution in [2.24, 2.45) is 0 Å². The summed E-state index contributed by atoms with van der Waals surface area (Å²) in [4.78, 5) is 24.9. The van der Waals surface area contributed by atoms with Gasteiger partial charge in [-0.3, -0.25) is 4.79 Å². The van der Waals surface area contributed by atoms with Gasteiger partial charge in [-0.1, -0.05) is 6.07 Å². The number of nitrogens with zero attached hydrogens (tertiary/aromatic N) is 1. The highest BCUT2D eigenvalue weighted by molar-refractivity contribution is 7.89. The summed E-state index contributed by atoms with van der Waals surface area (Å²) in [5.41, 5.74) is 0.620. The van der Waals surface area contributed by atoms with Gasteiger partial charge in [-0.15, -0.1) is 0 Å². The number of hydrogen-bond donors (Lipinski definition) is 1. The summed E-state index contributed by atoms with van der Waals surface area (Å²) in [6, 6.07) is 7.41. The Bertz CT molecular complexity index is 888. The first-order valence-corrected chi connectivity index (χ1v) is 9.19. The van der Waals surface area contributed by atoms with Crippen LogP contribution >= 0.6 is 0 Å². The molecule has 0 unspecified atom stereocenters. The number of likely N-dealkylation sites (N-methyl/N-ethyl adjacent to an activating group) is 1. The lowest BCUT2D eigenvalue weighted by Crippen LogP contribution is -2.28. The molecule has 1 heterocycles. The molecule has 8 nitrogen and oxygen atoms in total. The molecule has 0 bridgehead atoms. The maximum absolute atomic E-state index is 12.4. The molecule has 1 N–H and O–H groups in total. The Balaban J connectivity index is 2.14. The van der Waals surface area contributed by atoms with Gasteiger partial charge in [0.2, 0.25) is 10.0 Å². The fourth-order valence-corrected chi connectivity index (χ4v) is 3.00. The van der Waals surface area contributed by atoms with Crippen LogP contribution < -0.4 is 4.72 Å². The van der Waals surface area contributed by atoms with Gasteiger partial charge in [0.15, 0.2) is 6.61 Å². The zero-order valence-corrected chi connectivity index (χ0v) is 15.5. The molecular weight excluding hydrogens is 360 g/mol. The summed E-state index contributed by atoms with van der Waals surface area (Å²) in [5, 5.41) is 0. The molecule has 26 heavy (non-hydrogen) atoms. The van der Waals surface area contributed by atoms with Crippen molar-refractivity contribution < 1.29 is 27.2 Å². The third-order valence-electron chi connectivity index (χ3n) is 3.58. The predicted octanol–water partition coefficient (Wildman–Crippen LogP) is 1.31. The number of rotatable bonds is 7. The molecule has 0 spiro atoms. The van der Waals surface area contributed by atoms with E-state index in [1.807, 2.05) is 0 Å². The second kappa shape index (κ2) is 8.15. The van der Waals surface area contributed by atoms with Crippen LogP contribution in [0.3, 0.4) is 0 Å². The van der Waals surface area contributed by atoms with Crippen molar-refractivity contribution in [3.63, 3.8) is 0 Å². The minimum absolute atomic E-state index is 0.0136. The van der Waals surface area contributed by atoms with Crippen molar-refractivity contribution in [1.29, 1.82) is 0 Å². The van der Waals surface area contributed by atoms with E-state index in [-0.39, 0.29) is 22.9 Å². The second-order valence-electron chi connectivity index (χ2n) is 5.74. The van der Waals surface area contributed by atoms with Gasteiger partial charge in [0.25, 0.3) is 5.91 Å². The maximum Gasteiger partial charge on any atom is 0.338 e. The number of amides is 1. The van der Waals surface area contributed by atoms with Crippen molar-refractivity contribution in [2.45, 2.75) is 18.4 Å². The minimum Gasteiger partial charge on any atom is -0.468 e. The number of benzene rings is 1. The standard InChI is InChI=1S/C17H20N2O6S/c1-12-6-7-14(26(22,23)18-10-13-5-4-8-24-13)9-15(12)17(21)25-11-16(20)19(2)3/h4-9,18H,10-11H2,1-3H3. The highest BCUT2D eigenvalue weighted by Crippen LogP contribution is 2.17. The van der Waals surface area contributed by atoms with Crippen LogP contribution in [0, 0.1) is 6.92 Å². The average Bonchev–Trinajstić information content (AvgIpc) is 3.11.